The molecule has 1 nitrogen and oxygen atoms in total. The van der Waals surface area contributed by atoms with Gasteiger partial charge in [-0.1, -0.05) is 12.1 Å². The highest BCUT2D eigenvalue weighted by atomic mass is 32.2. The molecule has 1 saturated carbocycles. The van der Waals surface area contributed by atoms with Crippen molar-refractivity contribution >= 4 is 11.8 Å². The van der Waals surface area contributed by atoms with Gasteiger partial charge < -0.3 is 5.32 Å². The lowest BCUT2D eigenvalue weighted by atomic mass is 9.92. The van der Waals surface area contributed by atoms with Crippen LogP contribution in [0.4, 0.5) is 0 Å². The molecule has 16 heavy (non-hydrogen) atoms. The van der Waals surface area contributed by atoms with Gasteiger partial charge in [0, 0.05) is 16.7 Å². The van der Waals surface area contributed by atoms with Crippen molar-refractivity contribution in [3.05, 3.63) is 29.8 Å². The number of piperidine rings is 1. The van der Waals surface area contributed by atoms with Gasteiger partial charge in [0.15, 0.2) is 0 Å². The number of nitrogens with one attached hydrogen (secondary N) is 1. The highest BCUT2D eigenvalue weighted by Gasteiger charge is 2.22. The first-order valence-electron chi connectivity index (χ1n) is 6.39. The Labute approximate surface area is 102 Å². The molecule has 1 aromatic rings. The van der Waals surface area contributed by atoms with Crippen molar-refractivity contribution in [1.82, 2.24) is 5.32 Å². The second-order valence-electron chi connectivity index (χ2n) is 4.93. The molecule has 2 aliphatic rings. The van der Waals surface area contributed by atoms with E-state index in [4.69, 9.17) is 0 Å². The Hall–Kier alpha value is -0.470. The Morgan fingerprint density at radius 1 is 1.06 bits per heavy atom. The fourth-order valence-electron chi connectivity index (χ4n) is 2.33. The van der Waals surface area contributed by atoms with Gasteiger partial charge >= 0.3 is 0 Å². The molecule has 1 N–H and O–H groups in total. The van der Waals surface area contributed by atoms with Crippen LogP contribution in [0.15, 0.2) is 29.2 Å². The zero-order valence-corrected chi connectivity index (χ0v) is 10.4. The predicted molar refractivity (Wildman–Crippen MR) is 70.2 cm³/mol. The van der Waals surface area contributed by atoms with Crippen LogP contribution >= 0.6 is 11.8 Å². The molecule has 1 aromatic carbocycles. The average molecular weight is 233 g/mol. The first-order chi connectivity index (χ1) is 7.92. The van der Waals surface area contributed by atoms with Crippen LogP contribution in [-0.4, -0.2) is 18.3 Å². The lowest BCUT2D eigenvalue weighted by Gasteiger charge is -2.23. The quantitative estimate of drug-likeness (QED) is 0.858. The summed E-state index contributed by atoms with van der Waals surface area (Å²) in [5, 5.41) is 4.40. The third-order valence-electron chi connectivity index (χ3n) is 3.48. The zero-order chi connectivity index (χ0) is 10.8. The minimum Gasteiger partial charge on any atom is -0.316 e. The summed E-state index contributed by atoms with van der Waals surface area (Å²) in [5.74, 6) is 0.744. The van der Waals surface area contributed by atoms with Gasteiger partial charge in [-0.2, -0.15) is 0 Å². The first kappa shape index (κ1) is 10.7. The van der Waals surface area contributed by atoms with Crippen molar-refractivity contribution in [3.8, 4) is 0 Å². The van der Waals surface area contributed by atoms with Crippen LogP contribution in [0.25, 0.3) is 0 Å². The van der Waals surface area contributed by atoms with Crippen LogP contribution in [0.5, 0.6) is 0 Å². The molecule has 1 saturated heterocycles. The van der Waals surface area contributed by atoms with Crippen molar-refractivity contribution < 1.29 is 0 Å². The maximum absolute atomic E-state index is 3.48. The number of thioether (sulfide) groups is 1. The lowest BCUT2D eigenvalue weighted by Crippen LogP contribution is -2.28. The van der Waals surface area contributed by atoms with E-state index in [1.165, 1.54) is 42.7 Å². The fraction of sp³-hybridized carbons (Fsp3) is 0.571. The van der Waals surface area contributed by atoms with Gasteiger partial charge in [0.1, 0.15) is 0 Å². The van der Waals surface area contributed by atoms with Crippen LogP contribution in [0.1, 0.15) is 37.2 Å². The van der Waals surface area contributed by atoms with Gasteiger partial charge in [-0.05, 0) is 55.8 Å². The minimum absolute atomic E-state index is 0.744. The Balaban J connectivity index is 1.65. The van der Waals surface area contributed by atoms with Crippen LogP contribution in [0.2, 0.25) is 0 Å². The molecule has 0 radical (unpaired) electrons. The summed E-state index contributed by atoms with van der Waals surface area (Å²) >= 11 is 2.05. The molecule has 2 fully saturated rings. The van der Waals surface area contributed by atoms with Crippen molar-refractivity contribution in [3.63, 3.8) is 0 Å². The van der Waals surface area contributed by atoms with Crippen LogP contribution in [0.3, 0.4) is 0 Å². The summed E-state index contributed by atoms with van der Waals surface area (Å²) in [6, 6.07) is 9.30. The second-order valence-corrected chi connectivity index (χ2v) is 6.30. The molecule has 0 aromatic heterocycles. The van der Waals surface area contributed by atoms with Gasteiger partial charge in [-0.25, -0.2) is 0 Å². The van der Waals surface area contributed by atoms with E-state index >= 15 is 0 Å². The standard InChI is InChI=1S/C14H19NS/c1-2-12(10-15-9-1)11-3-5-13(6-4-11)16-14-7-8-14/h3-6,12,14-15H,1-2,7-10H2. The van der Waals surface area contributed by atoms with Crippen LogP contribution < -0.4 is 5.32 Å². The molecule has 1 heterocycles. The van der Waals surface area contributed by atoms with Crippen LogP contribution in [0, 0.1) is 0 Å². The third-order valence-corrected chi connectivity index (χ3v) is 4.82. The molecule has 0 spiro atoms. The zero-order valence-electron chi connectivity index (χ0n) is 9.61. The molecule has 2 heteroatoms. The summed E-state index contributed by atoms with van der Waals surface area (Å²) in [7, 11) is 0. The van der Waals surface area contributed by atoms with E-state index in [-0.39, 0.29) is 0 Å². The van der Waals surface area contributed by atoms with E-state index in [0.717, 1.165) is 17.7 Å². The normalized spacial score (nSPS) is 25.6. The van der Waals surface area contributed by atoms with Gasteiger partial charge in [0.25, 0.3) is 0 Å². The van der Waals surface area contributed by atoms with E-state index in [9.17, 15) is 0 Å². The monoisotopic (exact) mass is 233 g/mol. The molecule has 1 unspecified atom stereocenters. The minimum atomic E-state index is 0.744. The van der Waals surface area contributed by atoms with Crippen LogP contribution in [-0.2, 0) is 0 Å². The SMILES string of the molecule is c1cc(C2CCCNC2)ccc1SC1CC1. The van der Waals surface area contributed by atoms with E-state index < -0.39 is 0 Å². The van der Waals surface area contributed by atoms with Gasteiger partial charge in [-0.3, -0.25) is 0 Å². The molecular formula is C14H19NS. The summed E-state index contributed by atoms with van der Waals surface area (Å²) in [6.45, 7) is 2.36. The van der Waals surface area contributed by atoms with Gasteiger partial charge in [0.05, 0.1) is 0 Å². The van der Waals surface area contributed by atoms with Gasteiger partial charge in [-0.15, -0.1) is 11.8 Å². The topological polar surface area (TPSA) is 12.0 Å². The maximum atomic E-state index is 3.48. The predicted octanol–water partition coefficient (Wildman–Crippen LogP) is 3.41. The lowest BCUT2D eigenvalue weighted by molar-refractivity contribution is 0.461. The van der Waals surface area contributed by atoms with Crippen molar-refractivity contribution in [1.29, 1.82) is 0 Å². The fourth-order valence-corrected chi connectivity index (χ4v) is 3.38. The highest BCUT2D eigenvalue weighted by Crippen LogP contribution is 2.39. The largest absolute Gasteiger partial charge is 0.316 e. The average Bonchev–Trinajstić information content (AvgIpc) is 3.15. The molecule has 3 rings (SSSR count). The molecule has 86 valence electrons. The van der Waals surface area contributed by atoms with Crippen molar-refractivity contribution in [2.24, 2.45) is 0 Å². The molecule has 1 atom stereocenters. The number of rotatable bonds is 3. The maximum Gasteiger partial charge on any atom is 0.00952 e. The summed E-state index contributed by atoms with van der Waals surface area (Å²) in [6.07, 6.45) is 5.50. The van der Waals surface area contributed by atoms with Crippen molar-refractivity contribution in [2.75, 3.05) is 13.1 Å². The second kappa shape index (κ2) is 4.80. The Morgan fingerprint density at radius 3 is 2.50 bits per heavy atom. The number of hydrogen-bond donors (Lipinski definition) is 1. The van der Waals surface area contributed by atoms with E-state index in [0.29, 0.717) is 0 Å². The summed E-state index contributed by atoms with van der Waals surface area (Å²) < 4.78 is 0. The smallest absolute Gasteiger partial charge is 0.00952 e. The molecule has 0 bridgehead atoms. The Morgan fingerprint density at radius 2 is 1.88 bits per heavy atom. The number of benzene rings is 1. The van der Waals surface area contributed by atoms with E-state index in [2.05, 4.69) is 29.6 Å². The third kappa shape index (κ3) is 2.61. The first-order valence-corrected chi connectivity index (χ1v) is 7.27. The highest BCUT2D eigenvalue weighted by molar-refractivity contribution is 8.00. The molecular weight excluding hydrogens is 214 g/mol. The number of hydrogen-bond acceptors (Lipinski definition) is 2. The summed E-state index contributed by atoms with van der Waals surface area (Å²) in [4.78, 5) is 1.45. The molecule has 1 aliphatic heterocycles. The Bertz CT molecular complexity index is 336. The summed E-state index contributed by atoms with van der Waals surface area (Å²) in [5.41, 5.74) is 1.52. The molecule has 0 amide bonds. The Kier molecular flexibility index (Phi) is 3.20. The molecule has 1 aliphatic carbocycles. The van der Waals surface area contributed by atoms with E-state index in [1.54, 1.807) is 0 Å². The van der Waals surface area contributed by atoms with Gasteiger partial charge in [0.2, 0.25) is 0 Å². The van der Waals surface area contributed by atoms with E-state index in [1.807, 2.05) is 11.8 Å². The van der Waals surface area contributed by atoms with Crippen molar-refractivity contribution in [2.45, 2.75) is 41.7 Å².